The number of aromatic hydroxyl groups is 1. The molecule has 3 N–H and O–H groups in total. The molecule has 0 saturated heterocycles. The largest absolute Gasteiger partial charge is 0.507 e. The van der Waals surface area contributed by atoms with Crippen LogP contribution in [0.5, 0.6) is 5.75 Å². The van der Waals surface area contributed by atoms with Crippen LogP contribution in [0, 0.1) is 6.92 Å². The molecule has 0 unspecified atom stereocenters. The van der Waals surface area contributed by atoms with Crippen LogP contribution in [0.25, 0.3) is 22.2 Å². The molecule has 0 aliphatic heterocycles. The van der Waals surface area contributed by atoms with Gasteiger partial charge in [0.15, 0.2) is 0 Å². The van der Waals surface area contributed by atoms with E-state index in [-0.39, 0.29) is 17.8 Å². The zero-order valence-corrected chi connectivity index (χ0v) is 13.8. The van der Waals surface area contributed by atoms with E-state index >= 15 is 0 Å². The fourth-order valence-electron chi connectivity index (χ4n) is 3.09. The van der Waals surface area contributed by atoms with Crippen LogP contribution in [-0.4, -0.2) is 25.6 Å². The topological polar surface area (TPSA) is 82.0 Å². The van der Waals surface area contributed by atoms with Gasteiger partial charge in [0.25, 0.3) is 0 Å². The predicted octanol–water partition coefficient (Wildman–Crippen LogP) is 3.43. The normalized spacial score (nSPS) is 12.0. The van der Waals surface area contributed by atoms with Crippen LogP contribution < -0.4 is 0 Å². The Morgan fingerprint density at radius 1 is 1.13 bits per heavy atom. The zero-order chi connectivity index (χ0) is 16.8. The summed E-state index contributed by atoms with van der Waals surface area (Å²) in [6, 6.07) is 7.65. The van der Waals surface area contributed by atoms with Gasteiger partial charge in [-0.2, -0.15) is 15.4 Å². The highest BCUT2D eigenvalue weighted by molar-refractivity contribution is 5.93. The fourth-order valence-corrected chi connectivity index (χ4v) is 3.09. The lowest BCUT2D eigenvalue weighted by molar-refractivity contribution is 0.274. The molecule has 0 amide bonds. The third-order valence-electron chi connectivity index (χ3n) is 4.29. The van der Waals surface area contributed by atoms with Crippen LogP contribution in [0.2, 0.25) is 0 Å². The number of aliphatic hydroxyl groups is 1. The SMILES string of the molecule is Cc1c(C(C)(C)C)cc(-c2cccc3n[nH]nc23)c(O)c1CO. The van der Waals surface area contributed by atoms with Crippen LogP contribution in [0.4, 0.5) is 0 Å². The Labute approximate surface area is 135 Å². The number of phenols is 1. The molecule has 5 nitrogen and oxygen atoms in total. The van der Waals surface area contributed by atoms with Gasteiger partial charge in [-0.05, 0) is 35.6 Å². The molecular formula is C18H21N3O2. The van der Waals surface area contributed by atoms with Gasteiger partial charge in [-0.15, -0.1) is 0 Å². The summed E-state index contributed by atoms with van der Waals surface area (Å²) in [5.74, 6) is 0.105. The van der Waals surface area contributed by atoms with Crippen LogP contribution in [0.3, 0.4) is 0 Å². The van der Waals surface area contributed by atoms with Gasteiger partial charge in [-0.25, -0.2) is 0 Å². The third-order valence-corrected chi connectivity index (χ3v) is 4.29. The second-order valence-electron chi connectivity index (χ2n) is 6.83. The molecule has 0 aliphatic rings. The molecule has 3 rings (SSSR count). The molecule has 0 aliphatic carbocycles. The number of hydrogen-bond donors (Lipinski definition) is 3. The highest BCUT2D eigenvalue weighted by Crippen LogP contribution is 2.41. The lowest BCUT2D eigenvalue weighted by Gasteiger charge is -2.25. The Hall–Kier alpha value is -2.40. The van der Waals surface area contributed by atoms with E-state index in [1.54, 1.807) is 0 Å². The third kappa shape index (κ3) is 2.47. The molecule has 0 saturated carbocycles. The summed E-state index contributed by atoms with van der Waals surface area (Å²) in [5.41, 5.74) is 5.39. The second kappa shape index (κ2) is 5.35. The molecule has 0 spiro atoms. The number of nitrogens with one attached hydrogen (secondary N) is 1. The molecule has 120 valence electrons. The van der Waals surface area contributed by atoms with Crippen LogP contribution >= 0.6 is 0 Å². The highest BCUT2D eigenvalue weighted by Gasteiger charge is 2.24. The van der Waals surface area contributed by atoms with Crippen molar-refractivity contribution in [3.05, 3.63) is 41.0 Å². The maximum absolute atomic E-state index is 10.7. The number of H-pyrrole nitrogens is 1. The van der Waals surface area contributed by atoms with Gasteiger partial charge in [0, 0.05) is 16.7 Å². The molecule has 1 aromatic heterocycles. The van der Waals surface area contributed by atoms with Crippen molar-refractivity contribution in [1.29, 1.82) is 0 Å². The molecule has 23 heavy (non-hydrogen) atoms. The van der Waals surface area contributed by atoms with Gasteiger partial charge in [0.1, 0.15) is 16.8 Å². The maximum atomic E-state index is 10.7. The van der Waals surface area contributed by atoms with Crippen LogP contribution in [-0.2, 0) is 12.0 Å². The van der Waals surface area contributed by atoms with E-state index in [1.165, 1.54) is 0 Å². The molecule has 1 heterocycles. The van der Waals surface area contributed by atoms with Gasteiger partial charge >= 0.3 is 0 Å². The number of rotatable bonds is 2. The van der Waals surface area contributed by atoms with Gasteiger partial charge in [-0.1, -0.05) is 32.9 Å². The molecule has 2 aromatic carbocycles. The number of hydrogen-bond acceptors (Lipinski definition) is 4. The number of aromatic nitrogens is 3. The lowest BCUT2D eigenvalue weighted by atomic mass is 9.80. The van der Waals surface area contributed by atoms with Crippen molar-refractivity contribution in [3.8, 4) is 16.9 Å². The van der Waals surface area contributed by atoms with Crippen molar-refractivity contribution in [2.24, 2.45) is 0 Å². The van der Waals surface area contributed by atoms with Crippen LogP contribution in [0.1, 0.15) is 37.5 Å². The first kappa shape index (κ1) is 15.5. The minimum absolute atomic E-state index is 0.103. The number of fused-ring (bicyclic) bond motifs is 1. The quantitative estimate of drug-likeness (QED) is 0.677. The molecule has 5 heteroatoms. The Morgan fingerprint density at radius 3 is 2.52 bits per heavy atom. The predicted molar refractivity (Wildman–Crippen MR) is 90.3 cm³/mol. The van der Waals surface area contributed by atoms with Gasteiger partial charge in [0.2, 0.25) is 0 Å². The minimum Gasteiger partial charge on any atom is -0.507 e. The summed E-state index contributed by atoms with van der Waals surface area (Å²) in [4.78, 5) is 0. The summed E-state index contributed by atoms with van der Waals surface area (Å²) in [5, 5.41) is 31.3. The zero-order valence-electron chi connectivity index (χ0n) is 13.8. The first-order valence-electron chi connectivity index (χ1n) is 7.61. The van der Waals surface area contributed by atoms with Gasteiger partial charge < -0.3 is 10.2 Å². The molecule has 0 bridgehead atoms. The standard InChI is InChI=1S/C18H21N3O2/c1-10-13(9-22)17(23)12(8-14(10)18(2,3)4)11-6-5-7-15-16(11)20-21-19-15/h5-8,22-23H,9H2,1-4H3,(H,19,20,21). The van der Waals surface area contributed by atoms with E-state index in [9.17, 15) is 10.2 Å². The lowest BCUT2D eigenvalue weighted by Crippen LogP contribution is -2.15. The van der Waals surface area contributed by atoms with E-state index < -0.39 is 0 Å². The number of para-hydroxylation sites is 1. The van der Waals surface area contributed by atoms with Crippen LogP contribution in [0.15, 0.2) is 24.3 Å². The van der Waals surface area contributed by atoms with E-state index in [0.29, 0.717) is 16.6 Å². The van der Waals surface area contributed by atoms with Crippen molar-refractivity contribution in [1.82, 2.24) is 15.4 Å². The van der Waals surface area contributed by atoms with Gasteiger partial charge in [-0.3, -0.25) is 0 Å². The van der Waals surface area contributed by atoms with Crippen molar-refractivity contribution in [2.45, 2.75) is 39.7 Å². The Balaban J connectivity index is 2.38. The maximum Gasteiger partial charge on any atom is 0.129 e. The summed E-state index contributed by atoms with van der Waals surface area (Å²) in [6.45, 7) is 8.09. The van der Waals surface area contributed by atoms with E-state index in [1.807, 2.05) is 31.2 Å². The minimum atomic E-state index is -0.205. The average Bonchev–Trinajstić information content (AvgIpc) is 2.95. The highest BCUT2D eigenvalue weighted by atomic mass is 16.3. The van der Waals surface area contributed by atoms with Crippen molar-refractivity contribution >= 4 is 11.0 Å². The first-order valence-corrected chi connectivity index (χ1v) is 7.61. The molecular weight excluding hydrogens is 290 g/mol. The summed E-state index contributed by atoms with van der Waals surface area (Å²) < 4.78 is 0. The summed E-state index contributed by atoms with van der Waals surface area (Å²) >= 11 is 0. The molecule has 0 atom stereocenters. The fraction of sp³-hybridized carbons (Fsp3) is 0.333. The molecule has 0 radical (unpaired) electrons. The van der Waals surface area contributed by atoms with Crippen molar-refractivity contribution in [2.75, 3.05) is 0 Å². The van der Waals surface area contributed by atoms with E-state index in [0.717, 1.165) is 22.2 Å². The second-order valence-corrected chi connectivity index (χ2v) is 6.83. The smallest absolute Gasteiger partial charge is 0.129 e. The Kier molecular flexibility index (Phi) is 3.60. The Bertz CT molecular complexity index is 876. The monoisotopic (exact) mass is 311 g/mol. The number of aliphatic hydroxyl groups excluding tert-OH is 1. The number of benzene rings is 2. The molecule has 3 aromatic rings. The number of aromatic amines is 1. The summed E-state index contributed by atoms with van der Waals surface area (Å²) in [7, 11) is 0. The van der Waals surface area contributed by atoms with Gasteiger partial charge in [0.05, 0.1) is 6.61 Å². The van der Waals surface area contributed by atoms with E-state index in [4.69, 9.17) is 0 Å². The van der Waals surface area contributed by atoms with Crippen molar-refractivity contribution in [3.63, 3.8) is 0 Å². The summed E-state index contributed by atoms with van der Waals surface area (Å²) in [6.07, 6.45) is 0. The average molecular weight is 311 g/mol. The number of nitrogens with zero attached hydrogens (tertiary/aromatic N) is 2. The van der Waals surface area contributed by atoms with Crippen molar-refractivity contribution < 1.29 is 10.2 Å². The first-order chi connectivity index (χ1) is 10.8. The molecule has 0 fully saturated rings. The van der Waals surface area contributed by atoms with E-state index in [2.05, 4.69) is 36.2 Å². The Morgan fingerprint density at radius 2 is 1.87 bits per heavy atom.